The molecule has 14 heteroatoms. The normalized spacial score (nSPS) is 13.2. The fraction of sp³-hybridized carbons (Fsp3) is 0.269. The zero-order chi connectivity index (χ0) is 27.9. The second-order valence-electron chi connectivity index (χ2n) is 8.89. The van der Waals surface area contributed by atoms with E-state index < -0.39 is 17.6 Å². The predicted molar refractivity (Wildman–Crippen MR) is 139 cm³/mol. The minimum atomic E-state index is -0.523. The van der Waals surface area contributed by atoms with Crippen LogP contribution in [0.4, 0.5) is 15.9 Å². The average molecular weight is 552 g/mol. The van der Waals surface area contributed by atoms with E-state index in [9.17, 15) is 14.4 Å². The monoisotopic (exact) mass is 551 g/mol. The van der Waals surface area contributed by atoms with Crippen molar-refractivity contribution in [2.45, 2.75) is 6.54 Å². The smallest absolute Gasteiger partial charge is 0.287 e. The van der Waals surface area contributed by atoms with Gasteiger partial charge in [-0.05, 0) is 24.3 Å². The summed E-state index contributed by atoms with van der Waals surface area (Å²) in [6, 6.07) is 11.3. The molecule has 5 rings (SSSR count). The van der Waals surface area contributed by atoms with Crippen molar-refractivity contribution in [2.75, 3.05) is 49.5 Å². The Hall–Kier alpha value is -5.14. The number of amides is 3. The molecule has 3 aromatic heterocycles. The first kappa shape index (κ1) is 26.5. The van der Waals surface area contributed by atoms with Crippen molar-refractivity contribution in [3.8, 4) is 11.3 Å². The second kappa shape index (κ2) is 12.1. The maximum absolute atomic E-state index is 15.1. The minimum absolute atomic E-state index is 0.0907. The molecule has 40 heavy (non-hydrogen) atoms. The lowest BCUT2D eigenvalue weighted by Crippen LogP contribution is -2.52. The average Bonchev–Trinajstić information content (AvgIpc) is 3.77. The standard InChI is InChI=1S/C26H26FN7O6/c27-19-12-17(20-13-18(40-31-20)14-28-23-5-11-39-32-23)3-4-21(19)33-6-8-34(9-7-33)25(36)16-29-24(35)15-30-26(37)22-2-1-10-38-22/h1-5,10-13H,6-9,14-16H2,(H,28,32)(H,29,35)(H,30,37). The zero-order valence-corrected chi connectivity index (χ0v) is 21.3. The largest absolute Gasteiger partial charge is 0.459 e. The van der Waals surface area contributed by atoms with E-state index in [4.69, 9.17) is 13.5 Å². The molecule has 0 unspecified atom stereocenters. The Morgan fingerprint density at radius 3 is 2.52 bits per heavy atom. The molecule has 0 aliphatic carbocycles. The maximum Gasteiger partial charge on any atom is 0.287 e. The van der Waals surface area contributed by atoms with Gasteiger partial charge in [0.2, 0.25) is 11.8 Å². The highest BCUT2D eigenvalue weighted by Crippen LogP contribution is 2.27. The number of benzene rings is 1. The molecule has 4 aromatic rings. The van der Waals surface area contributed by atoms with Crippen molar-refractivity contribution >= 4 is 29.2 Å². The van der Waals surface area contributed by atoms with Gasteiger partial charge in [0.1, 0.15) is 17.8 Å². The molecular weight excluding hydrogens is 525 g/mol. The van der Waals surface area contributed by atoms with Gasteiger partial charge in [-0.1, -0.05) is 16.4 Å². The summed E-state index contributed by atoms with van der Waals surface area (Å²) < 4.78 is 30.1. The van der Waals surface area contributed by atoms with E-state index in [-0.39, 0.29) is 24.8 Å². The number of hydrogen-bond acceptors (Lipinski definition) is 10. The minimum Gasteiger partial charge on any atom is -0.459 e. The fourth-order valence-electron chi connectivity index (χ4n) is 4.14. The molecule has 0 spiro atoms. The third kappa shape index (κ3) is 6.46. The molecular formula is C26H26FN7O6. The van der Waals surface area contributed by atoms with Gasteiger partial charge in [-0.25, -0.2) is 4.39 Å². The molecule has 1 fully saturated rings. The molecule has 208 valence electrons. The number of piperazine rings is 1. The molecule has 1 aromatic carbocycles. The van der Waals surface area contributed by atoms with Crippen molar-refractivity contribution in [1.82, 2.24) is 25.8 Å². The number of hydrogen-bond donors (Lipinski definition) is 3. The van der Waals surface area contributed by atoms with Crippen molar-refractivity contribution in [3.63, 3.8) is 0 Å². The van der Waals surface area contributed by atoms with E-state index in [1.807, 2.05) is 4.90 Å². The van der Waals surface area contributed by atoms with Crippen LogP contribution >= 0.6 is 0 Å². The Labute approximate surface area is 227 Å². The van der Waals surface area contributed by atoms with Gasteiger partial charge in [0.05, 0.1) is 31.6 Å². The third-order valence-corrected chi connectivity index (χ3v) is 6.25. The van der Waals surface area contributed by atoms with E-state index in [0.29, 0.717) is 61.2 Å². The summed E-state index contributed by atoms with van der Waals surface area (Å²) in [5, 5.41) is 15.7. The molecule has 13 nitrogen and oxygen atoms in total. The van der Waals surface area contributed by atoms with E-state index in [1.165, 1.54) is 24.7 Å². The first-order valence-corrected chi connectivity index (χ1v) is 12.5. The zero-order valence-electron chi connectivity index (χ0n) is 21.3. The van der Waals surface area contributed by atoms with Gasteiger partial charge >= 0.3 is 0 Å². The number of halogens is 1. The third-order valence-electron chi connectivity index (χ3n) is 6.25. The van der Waals surface area contributed by atoms with E-state index in [2.05, 4.69) is 26.3 Å². The Balaban J connectivity index is 1.07. The molecule has 0 radical (unpaired) electrons. The molecule has 0 atom stereocenters. The number of aromatic nitrogens is 2. The molecule has 3 amide bonds. The van der Waals surface area contributed by atoms with Crippen molar-refractivity contribution in [3.05, 3.63) is 72.3 Å². The Bertz CT molecular complexity index is 1450. The highest BCUT2D eigenvalue weighted by atomic mass is 19.1. The fourth-order valence-corrected chi connectivity index (χ4v) is 4.14. The van der Waals surface area contributed by atoms with Gasteiger partial charge in [-0.2, -0.15) is 0 Å². The molecule has 0 bridgehead atoms. The molecule has 1 saturated heterocycles. The van der Waals surface area contributed by atoms with Crippen LogP contribution in [0.1, 0.15) is 16.3 Å². The first-order chi connectivity index (χ1) is 19.5. The lowest BCUT2D eigenvalue weighted by molar-refractivity contribution is -0.132. The van der Waals surface area contributed by atoms with Crippen LogP contribution < -0.4 is 20.9 Å². The van der Waals surface area contributed by atoms with Crippen LogP contribution in [-0.4, -0.2) is 72.2 Å². The van der Waals surface area contributed by atoms with E-state index in [1.54, 1.807) is 35.2 Å². The van der Waals surface area contributed by atoms with Crippen LogP contribution in [0.2, 0.25) is 0 Å². The number of carbonyl (C=O) groups excluding carboxylic acids is 3. The van der Waals surface area contributed by atoms with Crippen LogP contribution in [-0.2, 0) is 16.1 Å². The Morgan fingerprint density at radius 2 is 1.80 bits per heavy atom. The number of nitrogens with one attached hydrogen (secondary N) is 3. The summed E-state index contributed by atoms with van der Waals surface area (Å²) >= 11 is 0. The van der Waals surface area contributed by atoms with Crippen LogP contribution in [0.3, 0.4) is 0 Å². The maximum atomic E-state index is 15.1. The van der Waals surface area contributed by atoms with Gasteiger partial charge < -0.3 is 39.2 Å². The molecule has 1 aliphatic heterocycles. The van der Waals surface area contributed by atoms with Gasteiger partial charge in [0, 0.05) is 43.9 Å². The van der Waals surface area contributed by atoms with Gasteiger partial charge in [0.25, 0.3) is 5.91 Å². The summed E-state index contributed by atoms with van der Waals surface area (Å²) in [5.74, 6) is -0.491. The number of anilines is 2. The van der Waals surface area contributed by atoms with Crippen LogP contribution in [0, 0.1) is 5.82 Å². The molecule has 3 N–H and O–H groups in total. The topological polar surface area (TPSA) is 159 Å². The van der Waals surface area contributed by atoms with Crippen LogP contribution in [0.5, 0.6) is 0 Å². The lowest BCUT2D eigenvalue weighted by atomic mass is 10.1. The van der Waals surface area contributed by atoms with Gasteiger partial charge in [-0.15, -0.1) is 0 Å². The van der Waals surface area contributed by atoms with Gasteiger partial charge in [-0.3, -0.25) is 14.4 Å². The highest BCUT2D eigenvalue weighted by Gasteiger charge is 2.23. The van der Waals surface area contributed by atoms with Crippen molar-refractivity contribution in [2.24, 2.45) is 0 Å². The van der Waals surface area contributed by atoms with Gasteiger partial charge in [0.15, 0.2) is 17.3 Å². The summed E-state index contributed by atoms with van der Waals surface area (Å²) in [4.78, 5) is 39.8. The Kier molecular flexibility index (Phi) is 8.04. The summed E-state index contributed by atoms with van der Waals surface area (Å²) in [5.41, 5.74) is 1.50. The first-order valence-electron chi connectivity index (χ1n) is 12.5. The van der Waals surface area contributed by atoms with E-state index in [0.717, 1.165) is 0 Å². The van der Waals surface area contributed by atoms with Crippen molar-refractivity contribution in [1.29, 1.82) is 0 Å². The SMILES string of the molecule is O=C(CNC(=O)c1ccco1)NCC(=O)N1CCN(c2ccc(-c3cc(CNc4ccon4)on3)cc2F)CC1. The quantitative estimate of drug-likeness (QED) is 0.266. The van der Waals surface area contributed by atoms with Crippen molar-refractivity contribution < 1.29 is 32.2 Å². The highest BCUT2D eigenvalue weighted by molar-refractivity contribution is 5.94. The summed E-state index contributed by atoms with van der Waals surface area (Å²) in [6.45, 7) is 1.45. The number of nitrogens with zero attached hydrogens (tertiary/aromatic N) is 4. The number of carbonyl (C=O) groups is 3. The lowest BCUT2D eigenvalue weighted by Gasteiger charge is -2.36. The summed E-state index contributed by atoms with van der Waals surface area (Å²) in [6.07, 6.45) is 2.80. The molecule has 1 aliphatic rings. The van der Waals surface area contributed by atoms with Crippen LogP contribution in [0.25, 0.3) is 11.3 Å². The summed E-state index contributed by atoms with van der Waals surface area (Å²) in [7, 11) is 0. The predicted octanol–water partition coefficient (Wildman–Crippen LogP) is 1.87. The Morgan fingerprint density at radius 1 is 0.950 bits per heavy atom. The second-order valence-corrected chi connectivity index (χ2v) is 8.89. The molecule has 4 heterocycles. The number of furan rings is 1. The number of rotatable bonds is 10. The molecule has 0 saturated carbocycles. The van der Waals surface area contributed by atoms with Crippen LogP contribution in [0.15, 0.2) is 68.5 Å². The van der Waals surface area contributed by atoms with E-state index >= 15 is 4.39 Å².